The molecule has 0 bridgehead atoms. The maximum absolute atomic E-state index is 12.6. The molecule has 0 aromatic rings. The first-order valence-electron chi connectivity index (χ1n) is 25.1. The molecule has 0 rings (SSSR count). The van der Waals surface area contributed by atoms with E-state index in [0.29, 0.717) is 6.42 Å². The minimum absolute atomic E-state index is 0.0527. The summed E-state index contributed by atoms with van der Waals surface area (Å²) in [6, 6.07) is 0. The first-order chi connectivity index (χ1) is 29.8. The molecule has 0 aromatic carbocycles. The van der Waals surface area contributed by atoms with Crippen molar-refractivity contribution in [2.45, 2.75) is 238 Å². The number of phosphoric ester groups is 1. The number of phosphoric acid groups is 1. The maximum atomic E-state index is 12.6. The van der Waals surface area contributed by atoms with Crippen molar-refractivity contribution in [3.8, 4) is 0 Å². The van der Waals surface area contributed by atoms with Crippen molar-refractivity contribution in [3.05, 3.63) is 48.6 Å². The molecule has 10 heteroatoms. The highest BCUT2D eigenvalue weighted by Gasteiger charge is 2.26. The molecule has 0 saturated carbocycles. The summed E-state index contributed by atoms with van der Waals surface area (Å²) in [4.78, 5) is 35.0. The summed E-state index contributed by atoms with van der Waals surface area (Å²) in [7, 11) is -4.38. The van der Waals surface area contributed by atoms with Crippen LogP contribution in [0.2, 0.25) is 0 Å². The molecule has 0 amide bonds. The van der Waals surface area contributed by atoms with Crippen molar-refractivity contribution in [2.24, 2.45) is 5.73 Å². The van der Waals surface area contributed by atoms with E-state index in [1.54, 1.807) is 0 Å². The van der Waals surface area contributed by atoms with Crippen LogP contribution in [0.25, 0.3) is 0 Å². The first-order valence-corrected chi connectivity index (χ1v) is 26.6. The lowest BCUT2D eigenvalue weighted by Gasteiger charge is -2.19. The Labute approximate surface area is 375 Å². The predicted molar refractivity (Wildman–Crippen MR) is 257 cm³/mol. The molecule has 0 aliphatic carbocycles. The Morgan fingerprint density at radius 1 is 0.508 bits per heavy atom. The number of unbranched alkanes of at least 4 members (excludes halogenated alkanes) is 26. The molecule has 0 fully saturated rings. The van der Waals surface area contributed by atoms with Gasteiger partial charge in [0.1, 0.15) is 6.61 Å². The van der Waals surface area contributed by atoms with E-state index in [4.69, 9.17) is 24.3 Å². The van der Waals surface area contributed by atoms with Crippen LogP contribution in [0, 0.1) is 0 Å². The molecule has 356 valence electrons. The van der Waals surface area contributed by atoms with E-state index in [0.717, 1.165) is 70.6 Å². The van der Waals surface area contributed by atoms with Gasteiger partial charge in [-0.15, -0.1) is 0 Å². The molecule has 0 aromatic heterocycles. The molecular formula is C51H94NO8P. The number of carbonyl (C=O) groups is 2. The third-order valence-corrected chi connectivity index (χ3v) is 11.7. The van der Waals surface area contributed by atoms with Crippen LogP contribution in [0.4, 0.5) is 0 Å². The van der Waals surface area contributed by atoms with E-state index in [1.165, 1.54) is 128 Å². The number of esters is 2. The predicted octanol–water partition coefficient (Wildman–Crippen LogP) is 15.1. The zero-order valence-corrected chi connectivity index (χ0v) is 40.3. The minimum Gasteiger partial charge on any atom is -0.462 e. The topological polar surface area (TPSA) is 134 Å². The van der Waals surface area contributed by atoms with Crippen molar-refractivity contribution < 1.29 is 37.6 Å². The molecule has 9 nitrogen and oxygen atoms in total. The van der Waals surface area contributed by atoms with Gasteiger partial charge in [0.05, 0.1) is 13.2 Å². The normalized spacial score (nSPS) is 13.6. The highest BCUT2D eigenvalue weighted by molar-refractivity contribution is 7.47. The Bertz CT molecular complexity index is 1140. The fraction of sp³-hybridized carbons (Fsp3) is 0.804. The second kappa shape index (κ2) is 47.4. The Kier molecular flexibility index (Phi) is 45.9. The number of nitrogens with two attached hydrogens (primary N) is 1. The lowest BCUT2D eigenvalue weighted by Crippen LogP contribution is -2.29. The largest absolute Gasteiger partial charge is 0.472 e. The average molecular weight is 880 g/mol. The third kappa shape index (κ3) is 47.3. The molecule has 0 radical (unpaired) electrons. The molecule has 2 unspecified atom stereocenters. The molecule has 0 spiro atoms. The number of carbonyl (C=O) groups excluding carboxylic acids is 2. The third-order valence-electron chi connectivity index (χ3n) is 10.7. The lowest BCUT2D eigenvalue weighted by atomic mass is 10.0. The van der Waals surface area contributed by atoms with Crippen LogP contribution in [-0.2, 0) is 32.7 Å². The summed E-state index contributed by atoms with van der Waals surface area (Å²) in [5.41, 5.74) is 5.37. The monoisotopic (exact) mass is 880 g/mol. The van der Waals surface area contributed by atoms with Gasteiger partial charge in [0, 0.05) is 19.4 Å². The van der Waals surface area contributed by atoms with E-state index in [1.807, 2.05) is 0 Å². The van der Waals surface area contributed by atoms with Crippen LogP contribution < -0.4 is 5.73 Å². The molecule has 0 aliphatic heterocycles. The molecule has 0 saturated heterocycles. The highest BCUT2D eigenvalue weighted by atomic mass is 31.2. The molecule has 0 aliphatic rings. The van der Waals surface area contributed by atoms with Crippen LogP contribution in [0.1, 0.15) is 232 Å². The van der Waals surface area contributed by atoms with Crippen molar-refractivity contribution in [2.75, 3.05) is 26.4 Å². The summed E-state index contributed by atoms with van der Waals surface area (Å²) in [6.07, 6.45) is 55.7. The van der Waals surface area contributed by atoms with E-state index in [-0.39, 0.29) is 38.6 Å². The average Bonchev–Trinajstić information content (AvgIpc) is 3.25. The van der Waals surface area contributed by atoms with Gasteiger partial charge in [-0.1, -0.05) is 217 Å². The van der Waals surface area contributed by atoms with Gasteiger partial charge in [-0.3, -0.25) is 18.6 Å². The standard InChI is InChI=1S/C51H94NO8P/c1-3-5-7-9-11-13-15-17-19-21-22-23-24-25-26-28-30-32-34-36-38-40-42-44-51(54)60-49(48-59-61(55,56)58-46-45-52)47-57-50(53)43-41-39-37-35-33-31-29-27-20-18-16-14-12-10-8-6-4-2/h5,7,11,13,17,19,22-23,49H,3-4,6,8-10,12,14-16,18,20-21,24-48,52H2,1-2H3,(H,55,56)/b7-5-,13-11-,19-17-,23-22-. The quantitative estimate of drug-likeness (QED) is 0.0265. The van der Waals surface area contributed by atoms with Crippen LogP contribution in [-0.4, -0.2) is 49.3 Å². The number of hydrogen-bond acceptors (Lipinski definition) is 8. The molecule has 0 heterocycles. The van der Waals surface area contributed by atoms with Crippen LogP contribution in [0.5, 0.6) is 0 Å². The minimum atomic E-state index is -4.38. The SMILES string of the molecule is CC/C=C\C/C=C\C/C=C\C/C=C\CCCCCCCCCCCCC(=O)OC(COC(=O)CCCCCCCCCCCCCCCCCCC)COP(=O)(O)OCCN. The highest BCUT2D eigenvalue weighted by Crippen LogP contribution is 2.43. The second-order valence-corrected chi connectivity index (χ2v) is 18.1. The molecule has 3 N–H and O–H groups in total. The second-order valence-electron chi connectivity index (χ2n) is 16.7. The van der Waals surface area contributed by atoms with Gasteiger partial charge >= 0.3 is 19.8 Å². The van der Waals surface area contributed by atoms with Crippen LogP contribution in [0.3, 0.4) is 0 Å². The first kappa shape index (κ1) is 59.0. The van der Waals surface area contributed by atoms with Gasteiger partial charge in [-0.05, 0) is 51.4 Å². The van der Waals surface area contributed by atoms with E-state index in [2.05, 4.69) is 62.5 Å². The van der Waals surface area contributed by atoms with E-state index >= 15 is 0 Å². The van der Waals surface area contributed by atoms with Crippen molar-refractivity contribution in [1.82, 2.24) is 0 Å². The van der Waals surface area contributed by atoms with Crippen LogP contribution >= 0.6 is 7.82 Å². The fourth-order valence-electron chi connectivity index (χ4n) is 7.04. The van der Waals surface area contributed by atoms with Crippen molar-refractivity contribution in [3.63, 3.8) is 0 Å². The number of rotatable bonds is 47. The van der Waals surface area contributed by atoms with Gasteiger partial charge < -0.3 is 20.1 Å². The molecule has 2 atom stereocenters. The Morgan fingerprint density at radius 3 is 1.34 bits per heavy atom. The Morgan fingerprint density at radius 2 is 0.902 bits per heavy atom. The zero-order valence-electron chi connectivity index (χ0n) is 39.4. The summed E-state index contributed by atoms with van der Waals surface area (Å²) >= 11 is 0. The lowest BCUT2D eigenvalue weighted by molar-refractivity contribution is -0.161. The number of allylic oxidation sites excluding steroid dienone is 8. The Hall–Kier alpha value is -2.03. The summed E-state index contributed by atoms with van der Waals surface area (Å²) in [6.45, 7) is 3.65. The summed E-state index contributed by atoms with van der Waals surface area (Å²) in [5.74, 6) is -0.825. The molecular weight excluding hydrogens is 786 g/mol. The van der Waals surface area contributed by atoms with Gasteiger partial charge in [-0.2, -0.15) is 0 Å². The van der Waals surface area contributed by atoms with E-state index < -0.39 is 26.5 Å². The van der Waals surface area contributed by atoms with Crippen molar-refractivity contribution in [1.29, 1.82) is 0 Å². The zero-order chi connectivity index (χ0) is 44.6. The Balaban J connectivity index is 4.05. The smallest absolute Gasteiger partial charge is 0.462 e. The van der Waals surface area contributed by atoms with Gasteiger partial charge in [0.25, 0.3) is 0 Å². The maximum Gasteiger partial charge on any atom is 0.472 e. The number of hydrogen-bond donors (Lipinski definition) is 2. The van der Waals surface area contributed by atoms with Gasteiger partial charge in [0.2, 0.25) is 0 Å². The van der Waals surface area contributed by atoms with Gasteiger partial charge in [-0.25, -0.2) is 4.57 Å². The summed E-state index contributed by atoms with van der Waals surface area (Å²) < 4.78 is 32.9. The molecule has 61 heavy (non-hydrogen) atoms. The summed E-state index contributed by atoms with van der Waals surface area (Å²) in [5, 5.41) is 0. The van der Waals surface area contributed by atoms with Gasteiger partial charge in [0.15, 0.2) is 6.10 Å². The van der Waals surface area contributed by atoms with Crippen LogP contribution in [0.15, 0.2) is 48.6 Å². The van der Waals surface area contributed by atoms with E-state index in [9.17, 15) is 19.0 Å². The number of ether oxygens (including phenoxy) is 2. The fourth-order valence-corrected chi connectivity index (χ4v) is 7.80. The van der Waals surface area contributed by atoms with Crippen molar-refractivity contribution >= 4 is 19.8 Å².